The quantitative estimate of drug-likeness (QED) is 0.466. The number of hydrogen-bond donors (Lipinski definition) is 1. The molecule has 0 radical (unpaired) electrons. The van der Waals surface area contributed by atoms with Crippen LogP contribution in [0.5, 0.6) is 5.75 Å². The van der Waals surface area contributed by atoms with Crippen LogP contribution in [0.1, 0.15) is 17.3 Å². The van der Waals surface area contributed by atoms with Crippen molar-refractivity contribution < 1.29 is 14.8 Å². The van der Waals surface area contributed by atoms with E-state index in [2.05, 4.69) is 0 Å². The number of nitrogens with zero attached hydrogens (tertiary/aromatic N) is 1. The Kier molecular flexibility index (Phi) is 2.71. The zero-order chi connectivity index (χ0) is 10.9. The first kappa shape index (κ1) is 10.5. The summed E-state index contributed by atoms with van der Waals surface area (Å²) in [6.07, 6.45) is 0. The van der Waals surface area contributed by atoms with Crippen LogP contribution in [-0.2, 0) is 0 Å². The molecule has 0 spiro atoms. The second-order valence-electron chi connectivity index (χ2n) is 2.63. The molecule has 1 rings (SSSR count). The van der Waals surface area contributed by atoms with E-state index in [-0.39, 0.29) is 16.3 Å². The third kappa shape index (κ3) is 1.82. The fourth-order valence-corrected chi connectivity index (χ4v) is 1.14. The molecular weight excluding hydrogens is 210 g/mol. The number of nitro groups is 1. The molecule has 0 unspecified atom stereocenters. The second kappa shape index (κ2) is 3.63. The largest absolute Gasteiger partial charge is 0.506 e. The van der Waals surface area contributed by atoms with Crippen LogP contribution in [0.3, 0.4) is 0 Å². The van der Waals surface area contributed by atoms with Gasteiger partial charge in [0.25, 0.3) is 5.69 Å². The number of aromatic hydroxyl groups is 1. The van der Waals surface area contributed by atoms with Crippen molar-refractivity contribution in [1.29, 1.82) is 0 Å². The SMILES string of the molecule is CC(=O)c1cc(O)c(Cl)cc1[N+](=O)[O-]. The van der Waals surface area contributed by atoms with Gasteiger partial charge in [-0.1, -0.05) is 11.6 Å². The van der Waals surface area contributed by atoms with Crippen molar-refractivity contribution in [2.75, 3.05) is 0 Å². The monoisotopic (exact) mass is 215 g/mol. The number of rotatable bonds is 2. The van der Waals surface area contributed by atoms with Gasteiger partial charge in [0.05, 0.1) is 15.5 Å². The summed E-state index contributed by atoms with van der Waals surface area (Å²) in [7, 11) is 0. The minimum absolute atomic E-state index is 0.151. The second-order valence-corrected chi connectivity index (χ2v) is 3.04. The molecule has 0 bridgehead atoms. The summed E-state index contributed by atoms with van der Waals surface area (Å²) in [6.45, 7) is 1.18. The van der Waals surface area contributed by atoms with Gasteiger partial charge in [-0.15, -0.1) is 0 Å². The standard InChI is InChI=1S/C8H6ClNO4/c1-4(11)5-2-8(12)6(9)3-7(5)10(13)14/h2-3,12H,1H3. The van der Waals surface area contributed by atoms with Crippen LogP contribution in [0.25, 0.3) is 0 Å². The fraction of sp³-hybridized carbons (Fsp3) is 0.125. The molecule has 0 saturated heterocycles. The van der Waals surface area contributed by atoms with Crippen LogP contribution < -0.4 is 0 Å². The molecule has 0 aliphatic carbocycles. The summed E-state index contributed by atoms with van der Waals surface area (Å²) in [4.78, 5) is 20.8. The van der Waals surface area contributed by atoms with E-state index in [1.807, 2.05) is 0 Å². The molecule has 0 saturated carbocycles. The molecule has 0 aliphatic rings. The average Bonchev–Trinajstić information content (AvgIpc) is 2.08. The summed E-state index contributed by atoms with van der Waals surface area (Å²) >= 11 is 5.47. The molecule has 0 atom stereocenters. The van der Waals surface area contributed by atoms with Crippen LogP contribution >= 0.6 is 11.6 Å². The topological polar surface area (TPSA) is 80.4 Å². The highest BCUT2D eigenvalue weighted by molar-refractivity contribution is 6.32. The van der Waals surface area contributed by atoms with Crippen LogP contribution in [-0.4, -0.2) is 15.8 Å². The number of Topliss-reactive ketones (excluding diaryl/α,β-unsaturated/α-hetero) is 1. The van der Waals surface area contributed by atoms with E-state index in [1.165, 1.54) is 6.92 Å². The van der Waals surface area contributed by atoms with E-state index >= 15 is 0 Å². The van der Waals surface area contributed by atoms with Gasteiger partial charge in [0.1, 0.15) is 5.75 Å². The van der Waals surface area contributed by atoms with Gasteiger partial charge >= 0.3 is 0 Å². The first-order chi connectivity index (χ1) is 6.43. The number of carbonyl (C=O) groups excluding carboxylic acids is 1. The number of ketones is 1. The van der Waals surface area contributed by atoms with Crippen LogP contribution in [0.15, 0.2) is 12.1 Å². The van der Waals surface area contributed by atoms with Crippen molar-refractivity contribution >= 4 is 23.1 Å². The molecule has 1 aromatic rings. The Morgan fingerprint density at radius 1 is 1.57 bits per heavy atom. The highest BCUT2D eigenvalue weighted by atomic mass is 35.5. The van der Waals surface area contributed by atoms with Crippen molar-refractivity contribution in [3.05, 3.63) is 32.8 Å². The van der Waals surface area contributed by atoms with Gasteiger partial charge in [0.2, 0.25) is 0 Å². The molecule has 5 nitrogen and oxygen atoms in total. The number of hydrogen-bond acceptors (Lipinski definition) is 4. The Hall–Kier alpha value is -1.62. The molecule has 74 valence electrons. The van der Waals surface area contributed by atoms with Crippen molar-refractivity contribution in [1.82, 2.24) is 0 Å². The predicted molar refractivity (Wildman–Crippen MR) is 49.8 cm³/mol. The zero-order valence-corrected chi connectivity index (χ0v) is 7.91. The molecule has 0 aromatic heterocycles. The first-order valence-electron chi connectivity index (χ1n) is 3.61. The lowest BCUT2D eigenvalue weighted by Gasteiger charge is -2.01. The van der Waals surface area contributed by atoms with Gasteiger partial charge in [-0.05, 0) is 13.0 Å². The van der Waals surface area contributed by atoms with E-state index in [9.17, 15) is 14.9 Å². The Bertz CT molecular complexity index is 377. The lowest BCUT2D eigenvalue weighted by Crippen LogP contribution is -1.99. The highest BCUT2D eigenvalue weighted by Gasteiger charge is 2.20. The third-order valence-corrected chi connectivity index (χ3v) is 1.94. The maximum absolute atomic E-state index is 11.0. The average molecular weight is 216 g/mol. The Labute approximate surface area is 84.1 Å². The maximum atomic E-state index is 11.0. The van der Waals surface area contributed by atoms with E-state index in [4.69, 9.17) is 16.7 Å². The number of carbonyl (C=O) groups is 1. The first-order valence-corrected chi connectivity index (χ1v) is 3.99. The summed E-state index contributed by atoms with van der Waals surface area (Å²) in [5, 5.41) is 19.5. The normalized spacial score (nSPS) is 9.86. The zero-order valence-electron chi connectivity index (χ0n) is 7.15. The van der Waals surface area contributed by atoms with Gasteiger partial charge in [-0.2, -0.15) is 0 Å². The van der Waals surface area contributed by atoms with Gasteiger partial charge < -0.3 is 5.11 Å². The van der Waals surface area contributed by atoms with Gasteiger partial charge in [0, 0.05) is 6.07 Å². The Morgan fingerprint density at radius 2 is 2.14 bits per heavy atom. The van der Waals surface area contributed by atoms with Crippen molar-refractivity contribution in [3.63, 3.8) is 0 Å². The van der Waals surface area contributed by atoms with Crippen LogP contribution in [0.4, 0.5) is 5.69 Å². The highest BCUT2D eigenvalue weighted by Crippen LogP contribution is 2.31. The number of nitro benzene ring substituents is 1. The molecule has 0 fully saturated rings. The van der Waals surface area contributed by atoms with Crippen molar-refractivity contribution in [2.45, 2.75) is 6.92 Å². The molecular formula is C8H6ClNO4. The Morgan fingerprint density at radius 3 is 2.57 bits per heavy atom. The fourth-order valence-electron chi connectivity index (χ4n) is 0.984. The minimum Gasteiger partial charge on any atom is -0.506 e. The summed E-state index contributed by atoms with van der Waals surface area (Å²) < 4.78 is 0. The lowest BCUT2D eigenvalue weighted by molar-refractivity contribution is -0.385. The summed E-state index contributed by atoms with van der Waals surface area (Å²) in [6, 6.07) is 1.94. The molecule has 1 aromatic carbocycles. The summed E-state index contributed by atoms with van der Waals surface area (Å²) in [5.74, 6) is -0.842. The molecule has 1 N–H and O–H groups in total. The number of phenolic OH excluding ortho intramolecular Hbond substituents is 1. The minimum atomic E-state index is -0.720. The molecule has 0 amide bonds. The van der Waals surface area contributed by atoms with Crippen molar-refractivity contribution in [2.24, 2.45) is 0 Å². The van der Waals surface area contributed by atoms with E-state index < -0.39 is 16.4 Å². The molecule has 6 heteroatoms. The number of halogens is 1. The molecule has 14 heavy (non-hydrogen) atoms. The van der Waals surface area contributed by atoms with Gasteiger partial charge in [0.15, 0.2) is 5.78 Å². The number of benzene rings is 1. The van der Waals surface area contributed by atoms with Crippen molar-refractivity contribution in [3.8, 4) is 5.75 Å². The van der Waals surface area contributed by atoms with E-state index in [0.29, 0.717) is 0 Å². The van der Waals surface area contributed by atoms with Gasteiger partial charge in [-0.3, -0.25) is 14.9 Å². The maximum Gasteiger partial charge on any atom is 0.281 e. The van der Waals surface area contributed by atoms with Crippen LogP contribution in [0.2, 0.25) is 5.02 Å². The molecule has 0 heterocycles. The molecule has 0 aliphatic heterocycles. The number of phenols is 1. The third-order valence-electron chi connectivity index (χ3n) is 1.64. The smallest absolute Gasteiger partial charge is 0.281 e. The summed E-state index contributed by atoms with van der Waals surface area (Å²) in [5.41, 5.74) is -0.558. The lowest BCUT2D eigenvalue weighted by atomic mass is 10.1. The predicted octanol–water partition coefficient (Wildman–Crippen LogP) is 2.16. The Balaban J connectivity index is 3.46. The van der Waals surface area contributed by atoms with E-state index in [1.54, 1.807) is 0 Å². The van der Waals surface area contributed by atoms with Crippen LogP contribution in [0, 0.1) is 10.1 Å². The van der Waals surface area contributed by atoms with E-state index in [0.717, 1.165) is 12.1 Å². The van der Waals surface area contributed by atoms with Gasteiger partial charge in [-0.25, -0.2) is 0 Å².